The largest absolute Gasteiger partial charge is 0.485 e. The van der Waals surface area contributed by atoms with E-state index in [-0.39, 0.29) is 18.0 Å². The molecule has 0 fully saturated rings. The van der Waals surface area contributed by atoms with E-state index in [9.17, 15) is 13.2 Å². The zero-order chi connectivity index (χ0) is 20.6. The smallest absolute Gasteiger partial charge is 0.292 e. The summed E-state index contributed by atoms with van der Waals surface area (Å²) in [6.45, 7) is 0.195. The first-order valence-corrected chi connectivity index (χ1v) is 10.8. The van der Waals surface area contributed by atoms with Crippen molar-refractivity contribution in [3.63, 3.8) is 0 Å². The zero-order valence-corrected chi connectivity index (χ0v) is 16.6. The molecule has 2 aromatic carbocycles. The molecule has 0 spiro atoms. The number of nitrogens with zero attached hydrogens (tertiary/aromatic N) is 2. The van der Waals surface area contributed by atoms with Crippen LogP contribution in [0.25, 0.3) is 10.2 Å². The highest BCUT2D eigenvalue weighted by molar-refractivity contribution is 7.89. The van der Waals surface area contributed by atoms with Gasteiger partial charge in [-0.15, -0.1) is 6.42 Å². The van der Waals surface area contributed by atoms with Gasteiger partial charge >= 0.3 is 0 Å². The number of thiazole rings is 1. The van der Waals surface area contributed by atoms with Crippen LogP contribution in [-0.4, -0.2) is 31.6 Å². The number of para-hydroxylation sites is 2. The fourth-order valence-electron chi connectivity index (χ4n) is 2.87. The molecule has 0 bridgehead atoms. The topological polar surface area (TPSA) is 113 Å². The quantitative estimate of drug-likeness (QED) is 0.630. The average Bonchev–Trinajstić information content (AvgIpc) is 3.03. The Kier molecular flexibility index (Phi) is 4.87. The number of terminal acetylenes is 1. The van der Waals surface area contributed by atoms with E-state index in [0.717, 1.165) is 11.3 Å². The zero-order valence-electron chi connectivity index (χ0n) is 14.9. The maximum atomic E-state index is 12.7. The number of ether oxygens (including phenoxy) is 2. The molecule has 1 aliphatic heterocycles. The predicted molar refractivity (Wildman–Crippen MR) is 107 cm³/mol. The SMILES string of the molecule is C#CCn1c(=NC(=O)C2COc3ccccc3O2)sc2cc(S(N)(=O)=O)ccc21. The van der Waals surface area contributed by atoms with Crippen LogP contribution >= 0.6 is 11.3 Å². The number of nitrogens with two attached hydrogens (primary N) is 1. The molecule has 0 aliphatic carbocycles. The molecule has 2 N–H and O–H groups in total. The van der Waals surface area contributed by atoms with Gasteiger partial charge in [0.15, 0.2) is 16.3 Å². The molecular formula is C19H15N3O5S2. The van der Waals surface area contributed by atoms with E-state index in [1.807, 2.05) is 6.07 Å². The summed E-state index contributed by atoms with van der Waals surface area (Å²) in [5.41, 5.74) is 0.651. The maximum absolute atomic E-state index is 12.7. The monoisotopic (exact) mass is 429 g/mol. The Hall–Kier alpha value is -3.13. The van der Waals surface area contributed by atoms with Crippen molar-refractivity contribution in [2.45, 2.75) is 17.5 Å². The van der Waals surface area contributed by atoms with Crippen LogP contribution < -0.4 is 19.4 Å². The third kappa shape index (κ3) is 3.75. The lowest BCUT2D eigenvalue weighted by atomic mass is 10.2. The van der Waals surface area contributed by atoms with Crippen LogP contribution in [0.15, 0.2) is 52.4 Å². The highest BCUT2D eigenvalue weighted by Gasteiger charge is 2.27. The summed E-state index contributed by atoms with van der Waals surface area (Å²) in [6, 6.07) is 11.5. The first-order chi connectivity index (χ1) is 13.9. The Labute approximate surface area is 170 Å². The summed E-state index contributed by atoms with van der Waals surface area (Å²) in [7, 11) is -3.86. The standard InChI is InChI=1S/C19H15N3O5S2/c1-2-9-22-13-8-7-12(29(20,24)25)10-17(13)28-19(22)21-18(23)16-11-26-14-5-3-4-6-15(14)27-16/h1,3-8,10,16H,9,11H2,(H2,20,24,25). The van der Waals surface area contributed by atoms with Gasteiger partial charge in [-0.3, -0.25) is 4.79 Å². The summed E-state index contributed by atoms with van der Waals surface area (Å²) in [4.78, 5) is 17.2. The molecule has 8 nitrogen and oxygen atoms in total. The maximum Gasteiger partial charge on any atom is 0.292 e. The van der Waals surface area contributed by atoms with Crippen molar-refractivity contribution in [3.05, 3.63) is 47.3 Å². The Morgan fingerprint density at radius 2 is 2.07 bits per heavy atom. The second-order valence-electron chi connectivity index (χ2n) is 6.16. The number of aromatic nitrogens is 1. The number of hydrogen-bond acceptors (Lipinski definition) is 6. The summed E-state index contributed by atoms with van der Waals surface area (Å²) < 4.78 is 36.7. The highest BCUT2D eigenvalue weighted by atomic mass is 32.2. The second kappa shape index (κ2) is 7.36. The van der Waals surface area contributed by atoms with Crippen LogP contribution in [0, 0.1) is 12.3 Å². The normalized spacial score (nSPS) is 16.6. The molecule has 148 valence electrons. The van der Waals surface area contributed by atoms with Gasteiger partial charge in [-0.1, -0.05) is 29.4 Å². The molecular weight excluding hydrogens is 414 g/mol. The van der Waals surface area contributed by atoms with E-state index >= 15 is 0 Å². The first-order valence-electron chi connectivity index (χ1n) is 8.43. The molecule has 1 aliphatic rings. The fourth-order valence-corrected chi connectivity index (χ4v) is 4.56. The lowest BCUT2D eigenvalue weighted by Gasteiger charge is -2.23. The van der Waals surface area contributed by atoms with Gasteiger partial charge in [-0.25, -0.2) is 13.6 Å². The minimum Gasteiger partial charge on any atom is -0.485 e. The number of carbonyl (C=O) groups is 1. The van der Waals surface area contributed by atoms with Crippen molar-refractivity contribution in [1.82, 2.24) is 4.57 Å². The average molecular weight is 429 g/mol. The van der Waals surface area contributed by atoms with E-state index in [0.29, 0.717) is 26.5 Å². The summed E-state index contributed by atoms with van der Waals surface area (Å²) in [6.07, 6.45) is 4.56. The third-order valence-electron chi connectivity index (χ3n) is 4.22. The van der Waals surface area contributed by atoms with E-state index in [4.69, 9.17) is 21.0 Å². The lowest BCUT2D eigenvalue weighted by Crippen LogP contribution is -2.36. The highest BCUT2D eigenvalue weighted by Crippen LogP contribution is 2.31. The number of fused-ring (bicyclic) bond motifs is 2. The van der Waals surface area contributed by atoms with Crippen molar-refractivity contribution in [2.75, 3.05) is 6.61 Å². The van der Waals surface area contributed by atoms with E-state index in [2.05, 4.69) is 10.9 Å². The Morgan fingerprint density at radius 3 is 2.79 bits per heavy atom. The molecule has 0 saturated carbocycles. The van der Waals surface area contributed by atoms with Gasteiger partial charge in [0.25, 0.3) is 5.91 Å². The minimum atomic E-state index is -3.86. The molecule has 29 heavy (non-hydrogen) atoms. The molecule has 0 radical (unpaired) electrons. The molecule has 10 heteroatoms. The number of primary sulfonamides is 1. The van der Waals surface area contributed by atoms with Crippen LogP contribution in [0.2, 0.25) is 0 Å². The number of rotatable bonds is 3. The third-order valence-corrected chi connectivity index (χ3v) is 6.17. The summed E-state index contributed by atoms with van der Waals surface area (Å²) in [5.74, 6) is 3.02. The van der Waals surface area contributed by atoms with E-state index < -0.39 is 22.0 Å². The molecule has 3 aromatic rings. The van der Waals surface area contributed by atoms with E-state index in [1.165, 1.54) is 12.1 Å². The van der Waals surface area contributed by atoms with Crippen LogP contribution in [0.3, 0.4) is 0 Å². The predicted octanol–water partition coefficient (Wildman–Crippen LogP) is 1.25. The molecule has 1 unspecified atom stereocenters. The molecule has 1 aromatic heterocycles. The van der Waals surface area contributed by atoms with Crippen molar-refractivity contribution >= 4 is 37.5 Å². The molecule has 1 atom stereocenters. The van der Waals surface area contributed by atoms with Gasteiger partial charge < -0.3 is 14.0 Å². The Morgan fingerprint density at radius 1 is 1.31 bits per heavy atom. The van der Waals surface area contributed by atoms with Crippen molar-refractivity contribution in [3.8, 4) is 23.8 Å². The molecule has 4 rings (SSSR count). The van der Waals surface area contributed by atoms with Crippen molar-refractivity contribution in [1.29, 1.82) is 0 Å². The second-order valence-corrected chi connectivity index (χ2v) is 8.73. The van der Waals surface area contributed by atoms with E-state index in [1.54, 1.807) is 28.8 Å². The summed E-state index contributed by atoms with van der Waals surface area (Å²) in [5, 5.41) is 5.20. The lowest BCUT2D eigenvalue weighted by molar-refractivity contribution is -0.127. The number of carbonyl (C=O) groups excluding carboxylic acids is 1. The van der Waals surface area contributed by atoms with Crippen LogP contribution in [0.1, 0.15) is 0 Å². The van der Waals surface area contributed by atoms with Crippen molar-refractivity contribution < 1.29 is 22.7 Å². The van der Waals surface area contributed by atoms with Crippen molar-refractivity contribution in [2.24, 2.45) is 10.1 Å². The van der Waals surface area contributed by atoms with Crippen LogP contribution in [-0.2, 0) is 21.4 Å². The van der Waals surface area contributed by atoms with Gasteiger partial charge in [0.05, 0.1) is 21.7 Å². The first kappa shape index (κ1) is 19.2. The van der Waals surface area contributed by atoms with Crippen LogP contribution in [0.5, 0.6) is 11.5 Å². The minimum absolute atomic E-state index is 0.0300. The molecule has 0 saturated heterocycles. The van der Waals surface area contributed by atoms with Gasteiger partial charge in [-0.05, 0) is 30.3 Å². The molecule has 2 heterocycles. The number of benzene rings is 2. The van der Waals surface area contributed by atoms with Gasteiger partial charge in [-0.2, -0.15) is 4.99 Å². The summed E-state index contributed by atoms with van der Waals surface area (Å²) >= 11 is 1.14. The van der Waals surface area contributed by atoms with Crippen LogP contribution in [0.4, 0.5) is 0 Å². The number of sulfonamides is 1. The Bertz CT molecular complexity index is 1330. The Balaban J connectivity index is 1.74. The van der Waals surface area contributed by atoms with Gasteiger partial charge in [0, 0.05) is 0 Å². The molecule has 1 amide bonds. The van der Waals surface area contributed by atoms with Gasteiger partial charge in [0.2, 0.25) is 16.1 Å². The number of hydrogen-bond donors (Lipinski definition) is 1. The fraction of sp³-hybridized carbons (Fsp3) is 0.158. The number of amides is 1. The van der Waals surface area contributed by atoms with Gasteiger partial charge in [0.1, 0.15) is 6.61 Å².